The molecule has 0 atom stereocenters. The van der Waals surface area contributed by atoms with Crippen molar-refractivity contribution in [1.82, 2.24) is 4.72 Å². The van der Waals surface area contributed by atoms with E-state index in [0.717, 1.165) is 11.1 Å². The van der Waals surface area contributed by atoms with Gasteiger partial charge in [-0.1, -0.05) is 0 Å². The molecule has 0 spiro atoms. The molecule has 0 fully saturated rings. The summed E-state index contributed by atoms with van der Waals surface area (Å²) in [5, 5.41) is 0. The van der Waals surface area contributed by atoms with Gasteiger partial charge in [0.15, 0.2) is 0 Å². The molecule has 5 nitrogen and oxygen atoms in total. The number of methoxy groups -OCH3 is 1. The van der Waals surface area contributed by atoms with E-state index in [-0.39, 0.29) is 4.90 Å². The van der Waals surface area contributed by atoms with Gasteiger partial charge in [-0.2, -0.15) is 0 Å². The zero-order chi connectivity index (χ0) is 15.2. The lowest BCUT2D eigenvalue weighted by Gasteiger charge is -2.13. The van der Waals surface area contributed by atoms with Crippen LogP contribution in [-0.4, -0.2) is 35.3 Å². The van der Waals surface area contributed by atoms with Crippen molar-refractivity contribution in [2.75, 3.05) is 26.9 Å². The fourth-order valence-corrected chi connectivity index (χ4v) is 3.04. The molecule has 0 radical (unpaired) electrons. The summed E-state index contributed by atoms with van der Waals surface area (Å²) < 4.78 is 37.5. The average molecular weight is 301 g/mol. The highest BCUT2D eigenvalue weighted by Gasteiger charge is 2.20. The Morgan fingerprint density at radius 3 is 2.45 bits per heavy atom. The van der Waals surface area contributed by atoms with Crippen LogP contribution in [0.5, 0.6) is 5.75 Å². The Hall–Kier alpha value is -1.11. The van der Waals surface area contributed by atoms with Gasteiger partial charge in [0.1, 0.15) is 10.6 Å². The molecule has 0 aliphatic carbocycles. The van der Waals surface area contributed by atoms with Crippen molar-refractivity contribution < 1.29 is 17.9 Å². The highest BCUT2D eigenvalue weighted by Crippen LogP contribution is 2.27. The van der Waals surface area contributed by atoms with E-state index < -0.39 is 10.0 Å². The average Bonchev–Trinajstić information content (AvgIpc) is 2.41. The standard InChI is InChI=1S/C14H23NO4S/c1-5-19-8-6-7-15-20(16,17)14-10-12(3)11(2)9-13(14)18-4/h9-10,15H,5-8H2,1-4H3. The first-order valence-corrected chi connectivity index (χ1v) is 8.13. The first kappa shape index (κ1) is 16.9. The molecule has 0 heterocycles. The van der Waals surface area contributed by atoms with Crippen LogP contribution in [0, 0.1) is 13.8 Å². The summed E-state index contributed by atoms with van der Waals surface area (Å²) in [6, 6.07) is 3.38. The third-order valence-corrected chi connectivity index (χ3v) is 4.51. The number of nitrogens with one attached hydrogen (secondary N) is 1. The molecule has 0 bridgehead atoms. The highest BCUT2D eigenvalue weighted by atomic mass is 32.2. The van der Waals surface area contributed by atoms with Crippen molar-refractivity contribution in [2.24, 2.45) is 0 Å². The number of hydrogen-bond acceptors (Lipinski definition) is 4. The molecule has 0 saturated carbocycles. The van der Waals surface area contributed by atoms with E-state index in [1.165, 1.54) is 7.11 Å². The van der Waals surface area contributed by atoms with Crippen molar-refractivity contribution in [3.05, 3.63) is 23.3 Å². The summed E-state index contributed by atoms with van der Waals surface area (Å²) in [5.41, 5.74) is 1.91. The maximum Gasteiger partial charge on any atom is 0.244 e. The Morgan fingerprint density at radius 2 is 1.85 bits per heavy atom. The SMILES string of the molecule is CCOCCCNS(=O)(=O)c1cc(C)c(C)cc1OC. The second-order valence-corrected chi connectivity index (χ2v) is 6.27. The molecule has 1 aromatic carbocycles. The van der Waals surface area contributed by atoms with Crippen LogP contribution < -0.4 is 9.46 Å². The molecule has 1 aromatic rings. The van der Waals surface area contributed by atoms with Crippen molar-refractivity contribution in [2.45, 2.75) is 32.1 Å². The molecule has 0 unspecified atom stereocenters. The van der Waals surface area contributed by atoms with E-state index >= 15 is 0 Å². The summed E-state index contributed by atoms with van der Waals surface area (Å²) in [4.78, 5) is 0.180. The van der Waals surface area contributed by atoms with Gasteiger partial charge in [0.25, 0.3) is 0 Å². The Balaban J connectivity index is 2.84. The summed E-state index contributed by atoms with van der Waals surface area (Å²) >= 11 is 0. The van der Waals surface area contributed by atoms with Gasteiger partial charge >= 0.3 is 0 Å². The van der Waals surface area contributed by atoms with E-state index in [9.17, 15) is 8.42 Å². The normalized spacial score (nSPS) is 11.6. The quantitative estimate of drug-likeness (QED) is 0.746. The number of hydrogen-bond donors (Lipinski definition) is 1. The van der Waals surface area contributed by atoms with Crippen molar-refractivity contribution >= 4 is 10.0 Å². The molecular weight excluding hydrogens is 278 g/mol. The van der Waals surface area contributed by atoms with Gasteiger partial charge in [-0.05, 0) is 50.5 Å². The predicted octanol–water partition coefficient (Wildman–Crippen LogP) is 2.02. The monoisotopic (exact) mass is 301 g/mol. The minimum absolute atomic E-state index is 0.180. The maximum absolute atomic E-state index is 12.3. The van der Waals surface area contributed by atoms with Gasteiger partial charge in [-0.25, -0.2) is 13.1 Å². The fraction of sp³-hybridized carbons (Fsp3) is 0.571. The van der Waals surface area contributed by atoms with Gasteiger partial charge in [-0.3, -0.25) is 0 Å². The molecule has 0 amide bonds. The zero-order valence-electron chi connectivity index (χ0n) is 12.5. The number of sulfonamides is 1. The highest BCUT2D eigenvalue weighted by molar-refractivity contribution is 7.89. The van der Waals surface area contributed by atoms with Gasteiger partial charge in [-0.15, -0.1) is 0 Å². The van der Waals surface area contributed by atoms with Crippen LogP contribution in [0.2, 0.25) is 0 Å². The molecular formula is C14H23NO4S. The number of benzene rings is 1. The topological polar surface area (TPSA) is 64.6 Å². The minimum atomic E-state index is -3.56. The molecule has 0 aliphatic rings. The Labute approximate surface area is 121 Å². The lowest BCUT2D eigenvalue weighted by atomic mass is 10.1. The predicted molar refractivity (Wildman–Crippen MR) is 78.8 cm³/mol. The van der Waals surface area contributed by atoms with Gasteiger partial charge in [0, 0.05) is 19.8 Å². The molecule has 1 N–H and O–H groups in total. The van der Waals surface area contributed by atoms with Crippen LogP contribution >= 0.6 is 0 Å². The molecule has 1 rings (SSSR count). The minimum Gasteiger partial charge on any atom is -0.495 e. The van der Waals surface area contributed by atoms with Gasteiger partial charge in [0.2, 0.25) is 10.0 Å². The van der Waals surface area contributed by atoms with Crippen LogP contribution in [0.3, 0.4) is 0 Å². The molecule has 0 aliphatic heterocycles. The van der Waals surface area contributed by atoms with E-state index in [4.69, 9.17) is 9.47 Å². The molecule has 0 aromatic heterocycles. The second kappa shape index (κ2) is 7.61. The van der Waals surface area contributed by atoms with E-state index in [0.29, 0.717) is 31.9 Å². The van der Waals surface area contributed by atoms with Crippen LogP contribution in [0.15, 0.2) is 17.0 Å². The van der Waals surface area contributed by atoms with E-state index in [1.54, 1.807) is 12.1 Å². The first-order valence-electron chi connectivity index (χ1n) is 6.65. The zero-order valence-corrected chi connectivity index (χ0v) is 13.3. The van der Waals surface area contributed by atoms with Gasteiger partial charge < -0.3 is 9.47 Å². The summed E-state index contributed by atoms with van der Waals surface area (Å²) in [6.45, 7) is 7.23. The number of ether oxygens (including phenoxy) is 2. The Bertz CT molecular complexity index is 540. The smallest absolute Gasteiger partial charge is 0.244 e. The maximum atomic E-state index is 12.3. The lowest BCUT2D eigenvalue weighted by Crippen LogP contribution is -2.26. The van der Waals surface area contributed by atoms with E-state index in [2.05, 4.69) is 4.72 Å². The Kier molecular flexibility index (Phi) is 6.45. The largest absolute Gasteiger partial charge is 0.495 e. The van der Waals surface area contributed by atoms with Gasteiger partial charge in [0.05, 0.1) is 7.11 Å². The van der Waals surface area contributed by atoms with Crippen LogP contribution in [0.25, 0.3) is 0 Å². The van der Waals surface area contributed by atoms with Crippen molar-refractivity contribution in [3.8, 4) is 5.75 Å². The molecule has 20 heavy (non-hydrogen) atoms. The van der Waals surface area contributed by atoms with Crippen molar-refractivity contribution in [3.63, 3.8) is 0 Å². The summed E-state index contributed by atoms with van der Waals surface area (Å²) in [6.07, 6.45) is 0.639. The van der Waals surface area contributed by atoms with Crippen molar-refractivity contribution in [1.29, 1.82) is 0 Å². The third kappa shape index (κ3) is 4.47. The van der Waals surface area contributed by atoms with E-state index in [1.807, 2.05) is 20.8 Å². The molecule has 114 valence electrons. The Morgan fingerprint density at radius 1 is 1.20 bits per heavy atom. The first-order chi connectivity index (χ1) is 9.42. The third-order valence-electron chi connectivity index (χ3n) is 3.03. The van der Waals surface area contributed by atoms with Crippen LogP contribution in [0.1, 0.15) is 24.5 Å². The van der Waals surface area contributed by atoms with Crippen LogP contribution in [0.4, 0.5) is 0 Å². The van der Waals surface area contributed by atoms with Crippen LogP contribution in [-0.2, 0) is 14.8 Å². The molecule has 6 heteroatoms. The summed E-state index contributed by atoms with van der Waals surface area (Å²) in [5.74, 6) is 0.366. The number of aryl methyl sites for hydroxylation is 2. The second-order valence-electron chi connectivity index (χ2n) is 4.54. The fourth-order valence-electron chi connectivity index (χ4n) is 1.74. The number of rotatable bonds is 8. The molecule has 0 saturated heterocycles. The lowest BCUT2D eigenvalue weighted by molar-refractivity contribution is 0.146. The summed E-state index contributed by atoms with van der Waals surface area (Å²) in [7, 11) is -2.09.